The number of aromatic nitrogens is 2. The second kappa shape index (κ2) is 4.88. The summed E-state index contributed by atoms with van der Waals surface area (Å²) < 4.78 is 0. The molecule has 2 N–H and O–H groups in total. The standard InChI is InChI=1S/C15H22N4O/c20-14-7-13(17-15(18-14)11-1-2-11)16-8-10-5-6-19(9-10)12-3-4-12/h7,10-12H,1-6,8-9H2,(H2,16,17,18,20). The number of nitrogens with zero attached hydrogens (tertiary/aromatic N) is 2. The molecular weight excluding hydrogens is 252 g/mol. The smallest absolute Gasteiger partial charge is 0.252 e. The van der Waals surface area contributed by atoms with E-state index in [4.69, 9.17) is 0 Å². The van der Waals surface area contributed by atoms with Crippen molar-refractivity contribution >= 4 is 5.82 Å². The molecule has 0 aromatic carbocycles. The van der Waals surface area contributed by atoms with Gasteiger partial charge >= 0.3 is 0 Å². The Labute approximate surface area is 118 Å². The zero-order valence-electron chi connectivity index (χ0n) is 11.8. The quantitative estimate of drug-likeness (QED) is 0.855. The van der Waals surface area contributed by atoms with Crippen LogP contribution in [-0.2, 0) is 0 Å². The fourth-order valence-corrected chi connectivity index (χ4v) is 3.17. The van der Waals surface area contributed by atoms with Gasteiger partial charge in [0.15, 0.2) is 0 Å². The van der Waals surface area contributed by atoms with E-state index in [2.05, 4.69) is 20.2 Å². The Bertz CT molecular complexity index is 547. The number of hydrogen-bond acceptors (Lipinski definition) is 4. The summed E-state index contributed by atoms with van der Waals surface area (Å²) in [5.41, 5.74) is -0.0320. The number of H-pyrrole nitrogens is 1. The largest absolute Gasteiger partial charge is 0.370 e. The van der Waals surface area contributed by atoms with Crippen LogP contribution in [0.1, 0.15) is 43.8 Å². The van der Waals surface area contributed by atoms with Crippen LogP contribution in [0.2, 0.25) is 0 Å². The number of aromatic amines is 1. The van der Waals surface area contributed by atoms with Crippen LogP contribution in [0.25, 0.3) is 0 Å². The van der Waals surface area contributed by atoms with Gasteiger partial charge in [-0.3, -0.25) is 4.79 Å². The molecule has 0 bridgehead atoms. The van der Waals surface area contributed by atoms with Crippen molar-refractivity contribution in [2.24, 2.45) is 5.92 Å². The van der Waals surface area contributed by atoms with Crippen molar-refractivity contribution in [3.63, 3.8) is 0 Å². The van der Waals surface area contributed by atoms with Crippen molar-refractivity contribution in [1.29, 1.82) is 0 Å². The third kappa shape index (κ3) is 2.73. The van der Waals surface area contributed by atoms with Gasteiger partial charge in [-0.1, -0.05) is 0 Å². The molecule has 4 rings (SSSR count). The lowest BCUT2D eigenvalue weighted by atomic mass is 10.1. The van der Waals surface area contributed by atoms with Gasteiger partial charge in [-0.2, -0.15) is 0 Å². The first-order chi connectivity index (χ1) is 9.78. The molecule has 1 saturated heterocycles. The van der Waals surface area contributed by atoms with Crippen LogP contribution in [0, 0.1) is 5.92 Å². The molecule has 1 aromatic heterocycles. The first-order valence-corrected chi connectivity index (χ1v) is 7.87. The molecule has 0 amide bonds. The number of rotatable bonds is 5. The van der Waals surface area contributed by atoms with E-state index in [9.17, 15) is 4.79 Å². The summed E-state index contributed by atoms with van der Waals surface area (Å²) in [5.74, 6) is 2.80. The van der Waals surface area contributed by atoms with Gasteiger partial charge in [0.2, 0.25) is 0 Å². The van der Waals surface area contributed by atoms with Gasteiger partial charge in [-0.25, -0.2) is 4.98 Å². The normalized spacial score (nSPS) is 26.9. The molecule has 2 saturated carbocycles. The van der Waals surface area contributed by atoms with Gasteiger partial charge in [0.25, 0.3) is 5.56 Å². The van der Waals surface area contributed by atoms with Crippen LogP contribution in [0.4, 0.5) is 5.82 Å². The van der Waals surface area contributed by atoms with E-state index >= 15 is 0 Å². The Balaban J connectivity index is 1.35. The van der Waals surface area contributed by atoms with E-state index in [0.29, 0.717) is 11.8 Å². The first-order valence-electron chi connectivity index (χ1n) is 7.87. The summed E-state index contributed by atoms with van der Waals surface area (Å²) in [5, 5.41) is 3.37. The molecular formula is C15H22N4O. The van der Waals surface area contributed by atoms with Crippen molar-refractivity contribution in [3.05, 3.63) is 22.2 Å². The molecule has 1 aliphatic heterocycles. The number of nitrogens with one attached hydrogen (secondary N) is 2. The SMILES string of the molecule is O=c1cc(NCC2CCN(C3CC3)C2)nc(C2CC2)[nH]1. The number of anilines is 1. The molecule has 5 heteroatoms. The van der Waals surface area contributed by atoms with E-state index in [1.54, 1.807) is 6.07 Å². The third-order valence-corrected chi connectivity index (χ3v) is 4.68. The van der Waals surface area contributed by atoms with Crippen molar-refractivity contribution in [2.75, 3.05) is 25.0 Å². The molecule has 1 unspecified atom stereocenters. The molecule has 2 aliphatic carbocycles. The monoisotopic (exact) mass is 274 g/mol. The van der Waals surface area contributed by atoms with Gasteiger partial charge in [0.1, 0.15) is 11.6 Å². The van der Waals surface area contributed by atoms with E-state index in [0.717, 1.165) is 37.1 Å². The van der Waals surface area contributed by atoms with Crippen LogP contribution < -0.4 is 10.9 Å². The van der Waals surface area contributed by atoms with E-state index in [1.165, 1.54) is 32.4 Å². The highest BCUT2D eigenvalue weighted by atomic mass is 16.1. The van der Waals surface area contributed by atoms with E-state index in [-0.39, 0.29) is 5.56 Å². The van der Waals surface area contributed by atoms with E-state index < -0.39 is 0 Å². The maximum atomic E-state index is 11.6. The molecule has 5 nitrogen and oxygen atoms in total. The fraction of sp³-hybridized carbons (Fsp3) is 0.733. The molecule has 20 heavy (non-hydrogen) atoms. The minimum atomic E-state index is -0.0320. The van der Waals surface area contributed by atoms with Crippen LogP contribution in [-0.4, -0.2) is 40.5 Å². The maximum Gasteiger partial charge on any atom is 0.252 e. The zero-order chi connectivity index (χ0) is 13.5. The highest BCUT2D eigenvalue weighted by Crippen LogP contribution is 2.37. The van der Waals surface area contributed by atoms with Gasteiger partial charge in [0, 0.05) is 31.1 Å². The first kappa shape index (κ1) is 12.4. The Morgan fingerprint density at radius 3 is 2.90 bits per heavy atom. The second-order valence-electron chi connectivity index (χ2n) is 6.55. The maximum absolute atomic E-state index is 11.6. The Kier molecular flexibility index (Phi) is 3.02. The third-order valence-electron chi connectivity index (χ3n) is 4.68. The van der Waals surface area contributed by atoms with Gasteiger partial charge in [-0.15, -0.1) is 0 Å². The lowest BCUT2D eigenvalue weighted by molar-refractivity contribution is 0.316. The van der Waals surface area contributed by atoms with Crippen molar-refractivity contribution in [2.45, 2.75) is 44.1 Å². The summed E-state index contributed by atoms with van der Waals surface area (Å²) in [6.07, 6.45) is 6.36. The van der Waals surface area contributed by atoms with Gasteiger partial charge in [0.05, 0.1) is 0 Å². The van der Waals surface area contributed by atoms with E-state index in [1.807, 2.05) is 0 Å². The van der Waals surface area contributed by atoms with Crippen molar-refractivity contribution in [1.82, 2.24) is 14.9 Å². The Hall–Kier alpha value is -1.36. The van der Waals surface area contributed by atoms with Crippen molar-refractivity contribution < 1.29 is 0 Å². The fourth-order valence-electron chi connectivity index (χ4n) is 3.17. The lowest BCUT2D eigenvalue weighted by Crippen LogP contribution is -2.25. The average Bonchev–Trinajstić information content (AvgIpc) is 3.34. The molecule has 0 spiro atoms. The van der Waals surface area contributed by atoms with Gasteiger partial charge < -0.3 is 15.2 Å². The molecule has 2 heterocycles. The summed E-state index contributed by atoms with van der Waals surface area (Å²) in [6, 6.07) is 2.46. The number of likely N-dealkylation sites (tertiary alicyclic amines) is 1. The highest BCUT2D eigenvalue weighted by molar-refractivity contribution is 5.34. The minimum Gasteiger partial charge on any atom is -0.370 e. The van der Waals surface area contributed by atoms with Crippen LogP contribution in [0.5, 0.6) is 0 Å². The van der Waals surface area contributed by atoms with Crippen LogP contribution in [0.3, 0.4) is 0 Å². The van der Waals surface area contributed by atoms with Crippen LogP contribution in [0.15, 0.2) is 10.9 Å². The predicted octanol–water partition coefficient (Wildman–Crippen LogP) is 1.54. The molecule has 0 radical (unpaired) electrons. The zero-order valence-corrected chi connectivity index (χ0v) is 11.8. The molecule has 1 aromatic rings. The summed E-state index contributed by atoms with van der Waals surface area (Å²) in [6.45, 7) is 3.38. The highest BCUT2D eigenvalue weighted by Gasteiger charge is 2.34. The molecule has 3 aliphatic rings. The summed E-state index contributed by atoms with van der Waals surface area (Å²) >= 11 is 0. The molecule has 3 fully saturated rings. The van der Waals surface area contributed by atoms with Gasteiger partial charge in [-0.05, 0) is 44.6 Å². The molecule has 1 atom stereocenters. The van der Waals surface area contributed by atoms with Crippen molar-refractivity contribution in [3.8, 4) is 0 Å². The summed E-state index contributed by atoms with van der Waals surface area (Å²) in [4.78, 5) is 21.7. The predicted molar refractivity (Wildman–Crippen MR) is 78.0 cm³/mol. The topological polar surface area (TPSA) is 61.0 Å². The Morgan fingerprint density at radius 1 is 1.30 bits per heavy atom. The minimum absolute atomic E-state index is 0.0320. The Morgan fingerprint density at radius 2 is 2.15 bits per heavy atom. The summed E-state index contributed by atoms with van der Waals surface area (Å²) in [7, 11) is 0. The number of hydrogen-bond donors (Lipinski definition) is 2. The lowest BCUT2D eigenvalue weighted by Gasteiger charge is -2.15. The molecule has 108 valence electrons. The second-order valence-corrected chi connectivity index (χ2v) is 6.55. The average molecular weight is 274 g/mol. The van der Waals surface area contributed by atoms with Crippen LogP contribution >= 0.6 is 0 Å².